The van der Waals surface area contributed by atoms with Crippen molar-refractivity contribution in [2.24, 2.45) is 0 Å². The highest BCUT2D eigenvalue weighted by Crippen LogP contribution is 2.27. The van der Waals surface area contributed by atoms with E-state index in [-0.39, 0.29) is 24.4 Å². The molecule has 0 spiro atoms. The number of hydrogen-bond acceptors (Lipinski definition) is 4. The number of piperidine rings is 1. The van der Waals surface area contributed by atoms with Crippen molar-refractivity contribution in [2.75, 3.05) is 13.1 Å². The molecular weight excluding hydrogens is 397 g/mol. The Morgan fingerprint density at radius 3 is 2.84 bits per heavy atom. The Kier molecular flexibility index (Phi) is 5.11. The molecule has 0 aliphatic carbocycles. The molecule has 2 aromatic heterocycles. The predicted octanol–water partition coefficient (Wildman–Crippen LogP) is 3.95. The zero-order valence-electron chi connectivity index (χ0n) is 16.9. The number of aromatic amines is 1. The van der Waals surface area contributed by atoms with Crippen LogP contribution >= 0.6 is 0 Å². The van der Waals surface area contributed by atoms with Crippen LogP contribution in [0.15, 0.2) is 60.8 Å². The molecule has 5 rings (SSSR count). The van der Waals surface area contributed by atoms with E-state index in [0.717, 1.165) is 29.7 Å². The number of hydrogen-bond donors (Lipinski definition) is 1. The number of carbonyl (C=O) groups is 1. The van der Waals surface area contributed by atoms with E-state index in [1.165, 1.54) is 12.1 Å². The number of ether oxygens (including phenoxy) is 1. The van der Waals surface area contributed by atoms with Gasteiger partial charge in [-0.2, -0.15) is 5.10 Å². The van der Waals surface area contributed by atoms with E-state index in [9.17, 15) is 9.18 Å². The monoisotopic (exact) mass is 419 g/mol. The first-order valence-corrected chi connectivity index (χ1v) is 10.3. The number of aromatic nitrogens is 4. The van der Waals surface area contributed by atoms with Crippen LogP contribution in [0.25, 0.3) is 11.0 Å². The smallest absolute Gasteiger partial charge is 0.274 e. The van der Waals surface area contributed by atoms with E-state index < -0.39 is 0 Å². The van der Waals surface area contributed by atoms with Crippen LogP contribution in [0.2, 0.25) is 0 Å². The van der Waals surface area contributed by atoms with Crippen LogP contribution in [0.1, 0.15) is 35.1 Å². The van der Waals surface area contributed by atoms with Gasteiger partial charge in [0.2, 0.25) is 0 Å². The Morgan fingerprint density at radius 1 is 1.16 bits per heavy atom. The number of nitrogens with one attached hydrogen (secondary N) is 1. The maximum Gasteiger partial charge on any atom is 0.274 e. The highest BCUT2D eigenvalue weighted by molar-refractivity contribution is 5.92. The number of likely N-dealkylation sites (tertiary alicyclic amines) is 1. The van der Waals surface area contributed by atoms with Gasteiger partial charge in [-0.25, -0.2) is 14.1 Å². The Bertz CT molecular complexity index is 1170. The molecule has 0 saturated carbocycles. The van der Waals surface area contributed by atoms with Crippen molar-refractivity contribution in [3.8, 4) is 5.75 Å². The fourth-order valence-electron chi connectivity index (χ4n) is 3.93. The fraction of sp³-hybridized carbons (Fsp3) is 0.261. The van der Waals surface area contributed by atoms with Crippen molar-refractivity contribution >= 4 is 16.9 Å². The number of para-hydroxylation sites is 2. The average molecular weight is 419 g/mol. The second kappa shape index (κ2) is 8.22. The van der Waals surface area contributed by atoms with E-state index in [1.54, 1.807) is 29.1 Å². The van der Waals surface area contributed by atoms with E-state index in [2.05, 4.69) is 10.1 Å². The minimum absolute atomic E-state index is 0.0960. The molecule has 1 amide bonds. The van der Waals surface area contributed by atoms with Crippen molar-refractivity contribution in [3.63, 3.8) is 0 Å². The summed E-state index contributed by atoms with van der Waals surface area (Å²) in [5.41, 5.74) is 2.34. The molecule has 2 aromatic carbocycles. The lowest BCUT2D eigenvalue weighted by Crippen LogP contribution is -2.39. The summed E-state index contributed by atoms with van der Waals surface area (Å²) in [4.78, 5) is 23.0. The van der Waals surface area contributed by atoms with E-state index in [0.29, 0.717) is 24.5 Å². The first-order valence-electron chi connectivity index (χ1n) is 10.3. The lowest BCUT2D eigenvalue weighted by molar-refractivity contribution is 0.0697. The second-order valence-electron chi connectivity index (χ2n) is 7.70. The van der Waals surface area contributed by atoms with Crippen molar-refractivity contribution < 1.29 is 13.9 Å². The summed E-state index contributed by atoms with van der Waals surface area (Å²) in [6, 6.07) is 15.4. The molecule has 1 aliphatic rings. The molecule has 1 fully saturated rings. The summed E-state index contributed by atoms with van der Waals surface area (Å²) in [5, 5.41) is 4.35. The molecule has 1 N–H and O–H groups in total. The molecule has 7 nitrogen and oxygen atoms in total. The summed E-state index contributed by atoms with van der Waals surface area (Å²) < 4.78 is 20.1. The Hall–Kier alpha value is -3.68. The number of amides is 1. The molecule has 0 radical (unpaired) electrons. The van der Waals surface area contributed by atoms with Gasteiger partial charge in [-0.15, -0.1) is 0 Å². The topological polar surface area (TPSA) is 76.0 Å². The van der Waals surface area contributed by atoms with E-state index in [1.807, 2.05) is 29.2 Å². The Morgan fingerprint density at radius 2 is 2.00 bits per heavy atom. The summed E-state index contributed by atoms with van der Waals surface area (Å²) in [6.07, 6.45) is 3.61. The number of carbonyl (C=O) groups excluding carboxylic acids is 1. The molecule has 1 saturated heterocycles. The maximum atomic E-state index is 13.0. The molecular formula is C23H22FN5O2. The summed E-state index contributed by atoms with van der Waals surface area (Å²) in [5.74, 6) is 1.23. The van der Waals surface area contributed by atoms with Crippen LogP contribution in [0, 0.1) is 5.82 Å². The molecule has 1 atom stereocenters. The van der Waals surface area contributed by atoms with Gasteiger partial charge in [-0.3, -0.25) is 4.79 Å². The van der Waals surface area contributed by atoms with E-state index in [4.69, 9.17) is 9.72 Å². The summed E-state index contributed by atoms with van der Waals surface area (Å²) >= 11 is 0. The maximum absolute atomic E-state index is 13.0. The molecule has 1 unspecified atom stereocenters. The lowest BCUT2D eigenvalue weighted by Gasteiger charge is -2.31. The molecule has 0 bridgehead atoms. The van der Waals surface area contributed by atoms with Crippen molar-refractivity contribution in [1.82, 2.24) is 24.6 Å². The number of imidazole rings is 1. The third-order valence-electron chi connectivity index (χ3n) is 5.54. The van der Waals surface area contributed by atoms with Gasteiger partial charge in [-0.05, 0) is 55.3 Å². The number of halogens is 1. The molecule has 31 heavy (non-hydrogen) atoms. The standard InChI is InChI=1S/C23H22FN5O2/c24-17-7-9-18(10-8-17)31-15-29-13-11-21(27-29)23(30)28-12-3-4-16(14-28)22-25-19-5-1-2-6-20(19)26-22/h1-2,5-11,13,16H,3-4,12,14-15H2,(H,25,26). The van der Waals surface area contributed by atoms with Crippen LogP contribution in [-0.2, 0) is 6.73 Å². The van der Waals surface area contributed by atoms with Crippen molar-refractivity contribution in [3.05, 3.63) is 78.1 Å². The highest BCUT2D eigenvalue weighted by Gasteiger charge is 2.28. The van der Waals surface area contributed by atoms with Crippen molar-refractivity contribution in [1.29, 1.82) is 0 Å². The molecule has 4 aromatic rings. The molecule has 158 valence electrons. The fourth-order valence-corrected chi connectivity index (χ4v) is 3.93. The first kappa shape index (κ1) is 19.3. The first-order chi connectivity index (χ1) is 15.2. The highest BCUT2D eigenvalue weighted by atomic mass is 19.1. The van der Waals surface area contributed by atoms with Gasteiger partial charge in [0.05, 0.1) is 11.0 Å². The number of fused-ring (bicyclic) bond motifs is 1. The van der Waals surface area contributed by atoms with Gasteiger partial charge in [-0.1, -0.05) is 12.1 Å². The number of benzene rings is 2. The minimum Gasteiger partial charge on any atom is -0.471 e. The summed E-state index contributed by atoms with van der Waals surface area (Å²) in [6.45, 7) is 1.45. The minimum atomic E-state index is -0.318. The van der Waals surface area contributed by atoms with Gasteiger partial charge >= 0.3 is 0 Å². The number of H-pyrrole nitrogens is 1. The van der Waals surface area contributed by atoms with Crippen LogP contribution in [0.5, 0.6) is 5.75 Å². The van der Waals surface area contributed by atoms with Crippen molar-refractivity contribution in [2.45, 2.75) is 25.5 Å². The number of nitrogens with zero attached hydrogens (tertiary/aromatic N) is 4. The number of rotatable bonds is 5. The van der Waals surface area contributed by atoms with Crippen LogP contribution in [-0.4, -0.2) is 43.6 Å². The Labute approximate surface area is 178 Å². The second-order valence-corrected chi connectivity index (χ2v) is 7.70. The quantitative estimate of drug-likeness (QED) is 0.531. The molecule has 8 heteroatoms. The normalized spacial score (nSPS) is 16.5. The molecule has 3 heterocycles. The van der Waals surface area contributed by atoms with E-state index >= 15 is 0 Å². The van der Waals surface area contributed by atoms with Crippen LogP contribution in [0.4, 0.5) is 4.39 Å². The van der Waals surface area contributed by atoms with Crippen LogP contribution < -0.4 is 4.74 Å². The molecule has 1 aliphatic heterocycles. The third kappa shape index (κ3) is 4.14. The third-order valence-corrected chi connectivity index (χ3v) is 5.54. The zero-order chi connectivity index (χ0) is 21.2. The Balaban J connectivity index is 1.24. The van der Waals surface area contributed by atoms with Gasteiger partial charge in [0.1, 0.15) is 17.4 Å². The van der Waals surface area contributed by atoms with Gasteiger partial charge < -0.3 is 14.6 Å². The SMILES string of the molecule is O=C(c1ccn(COc2ccc(F)cc2)n1)N1CCCC(c2nc3ccccc3[nH]2)C1. The van der Waals surface area contributed by atoms with Gasteiger partial charge in [0, 0.05) is 25.2 Å². The van der Waals surface area contributed by atoms with Crippen LogP contribution in [0.3, 0.4) is 0 Å². The largest absolute Gasteiger partial charge is 0.471 e. The lowest BCUT2D eigenvalue weighted by atomic mass is 9.97. The summed E-state index contributed by atoms with van der Waals surface area (Å²) in [7, 11) is 0. The average Bonchev–Trinajstić information content (AvgIpc) is 3.45. The van der Waals surface area contributed by atoms with Gasteiger partial charge in [0.15, 0.2) is 12.4 Å². The van der Waals surface area contributed by atoms with Gasteiger partial charge in [0.25, 0.3) is 5.91 Å². The zero-order valence-corrected chi connectivity index (χ0v) is 16.9. The predicted molar refractivity (Wildman–Crippen MR) is 113 cm³/mol.